The fourth-order valence-corrected chi connectivity index (χ4v) is 2.48. The van der Waals surface area contributed by atoms with Gasteiger partial charge < -0.3 is 4.74 Å². The number of thioether (sulfide) groups is 1. The third-order valence-electron chi connectivity index (χ3n) is 2.59. The second-order valence-corrected chi connectivity index (χ2v) is 6.48. The van der Waals surface area contributed by atoms with Crippen LogP contribution in [0.4, 0.5) is 0 Å². The van der Waals surface area contributed by atoms with Gasteiger partial charge in [0.1, 0.15) is 11.7 Å². The number of ether oxygens (including phenoxy) is 1. The summed E-state index contributed by atoms with van der Waals surface area (Å²) < 4.78 is 5.28. The Bertz CT molecular complexity index is 480. The van der Waals surface area contributed by atoms with Crippen LogP contribution in [0.15, 0.2) is 35.4 Å². The SMILES string of the molecule is CC(C)(C)C1=NNC(C(=O)OCc2ccccc2)S1. The van der Waals surface area contributed by atoms with E-state index in [2.05, 4.69) is 31.3 Å². The van der Waals surface area contributed by atoms with Crippen LogP contribution in [0, 0.1) is 5.41 Å². The molecule has 1 unspecified atom stereocenters. The molecule has 0 bridgehead atoms. The monoisotopic (exact) mass is 278 g/mol. The zero-order chi connectivity index (χ0) is 13.9. The van der Waals surface area contributed by atoms with Crippen molar-refractivity contribution in [3.63, 3.8) is 0 Å². The molecule has 1 aromatic carbocycles. The largest absolute Gasteiger partial charge is 0.459 e. The summed E-state index contributed by atoms with van der Waals surface area (Å²) in [6, 6.07) is 9.64. The molecular weight excluding hydrogens is 260 g/mol. The van der Waals surface area contributed by atoms with Gasteiger partial charge in [0.15, 0.2) is 5.37 Å². The number of nitrogens with zero attached hydrogens (tertiary/aromatic N) is 1. The highest BCUT2D eigenvalue weighted by Gasteiger charge is 2.33. The molecule has 4 nitrogen and oxygen atoms in total. The zero-order valence-corrected chi connectivity index (χ0v) is 12.2. The van der Waals surface area contributed by atoms with Crippen LogP contribution in [-0.2, 0) is 16.1 Å². The first-order valence-corrected chi connectivity index (χ1v) is 7.06. The molecule has 0 amide bonds. The lowest BCUT2D eigenvalue weighted by molar-refractivity contribution is -0.144. The first-order chi connectivity index (χ1) is 8.97. The summed E-state index contributed by atoms with van der Waals surface area (Å²) in [6.07, 6.45) is 0. The number of carbonyl (C=O) groups is 1. The maximum Gasteiger partial charge on any atom is 0.341 e. The van der Waals surface area contributed by atoms with Crippen molar-refractivity contribution in [2.24, 2.45) is 10.5 Å². The molecule has 1 N–H and O–H groups in total. The molecule has 1 aliphatic heterocycles. The van der Waals surface area contributed by atoms with Gasteiger partial charge in [0.25, 0.3) is 0 Å². The summed E-state index contributed by atoms with van der Waals surface area (Å²) in [4.78, 5) is 11.9. The summed E-state index contributed by atoms with van der Waals surface area (Å²) >= 11 is 1.43. The number of benzene rings is 1. The molecule has 5 heteroatoms. The zero-order valence-electron chi connectivity index (χ0n) is 11.3. The Hall–Kier alpha value is -1.49. The van der Waals surface area contributed by atoms with Crippen molar-refractivity contribution < 1.29 is 9.53 Å². The Morgan fingerprint density at radius 2 is 2.05 bits per heavy atom. The highest BCUT2D eigenvalue weighted by atomic mass is 32.2. The van der Waals surface area contributed by atoms with E-state index in [-0.39, 0.29) is 11.4 Å². The van der Waals surface area contributed by atoms with Crippen LogP contribution in [0.25, 0.3) is 0 Å². The third-order valence-corrected chi connectivity index (χ3v) is 4.05. The van der Waals surface area contributed by atoms with E-state index in [4.69, 9.17) is 4.74 Å². The molecule has 0 fully saturated rings. The number of carbonyl (C=O) groups excluding carboxylic acids is 1. The molecule has 1 heterocycles. The highest BCUT2D eigenvalue weighted by molar-refractivity contribution is 8.15. The van der Waals surface area contributed by atoms with E-state index in [1.165, 1.54) is 11.8 Å². The van der Waals surface area contributed by atoms with Crippen molar-refractivity contribution in [3.8, 4) is 0 Å². The van der Waals surface area contributed by atoms with Crippen molar-refractivity contribution in [2.75, 3.05) is 0 Å². The van der Waals surface area contributed by atoms with Gasteiger partial charge >= 0.3 is 5.97 Å². The van der Waals surface area contributed by atoms with Gasteiger partial charge in [-0.2, -0.15) is 5.10 Å². The van der Waals surface area contributed by atoms with Crippen LogP contribution >= 0.6 is 11.8 Å². The molecule has 0 aliphatic carbocycles. The average molecular weight is 278 g/mol. The molecule has 1 atom stereocenters. The molecule has 0 spiro atoms. The van der Waals surface area contributed by atoms with Crippen LogP contribution in [0.1, 0.15) is 26.3 Å². The fourth-order valence-electron chi connectivity index (χ4n) is 1.53. The quantitative estimate of drug-likeness (QED) is 0.864. The van der Waals surface area contributed by atoms with Gasteiger partial charge in [0.2, 0.25) is 0 Å². The number of hydrazone groups is 1. The van der Waals surface area contributed by atoms with Crippen LogP contribution in [0.5, 0.6) is 0 Å². The standard InChI is InChI=1S/C14H18N2O2S/c1-14(2,3)13-16-15-11(19-13)12(17)18-9-10-7-5-4-6-8-10/h4-8,11,15H,9H2,1-3H3. The van der Waals surface area contributed by atoms with Crippen molar-refractivity contribution in [1.82, 2.24) is 5.43 Å². The third kappa shape index (κ3) is 3.73. The summed E-state index contributed by atoms with van der Waals surface area (Å²) in [6.45, 7) is 6.50. The lowest BCUT2D eigenvalue weighted by atomic mass is 9.99. The smallest absolute Gasteiger partial charge is 0.341 e. The van der Waals surface area contributed by atoms with Gasteiger partial charge in [-0.1, -0.05) is 62.9 Å². The normalized spacial score (nSPS) is 18.7. The van der Waals surface area contributed by atoms with Crippen molar-refractivity contribution in [3.05, 3.63) is 35.9 Å². The fraction of sp³-hybridized carbons (Fsp3) is 0.429. The molecule has 0 saturated carbocycles. The van der Waals surface area contributed by atoms with E-state index in [1.54, 1.807) is 0 Å². The van der Waals surface area contributed by atoms with Crippen molar-refractivity contribution in [2.45, 2.75) is 32.8 Å². The first-order valence-electron chi connectivity index (χ1n) is 6.18. The van der Waals surface area contributed by atoms with Crippen LogP contribution in [0.2, 0.25) is 0 Å². The van der Waals surface area contributed by atoms with Gasteiger partial charge in [-0.25, -0.2) is 4.79 Å². The number of esters is 1. The predicted octanol–water partition coefficient (Wildman–Crippen LogP) is 2.75. The number of hydrogen-bond donors (Lipinski definition) is 1. The molecule has 0 saturated heterocycles. The average Bonchev–Trinajstić information content (AvgIpc) is 2.87. The summed E-state index contributed by atoms with van der Waals surface area (Å²) in [7, 11) is 0. The maximum atomic E-state index is 11.9. The van der Waals surface area contributed by atoms with Gasteiger partial charge in [0, 0.05) is 5.41 Å². The summed E-state index contributed by atoms with van der Waals surface area (Å²) in [5.74, 6) is -0.281. The Labute approximate surface area is 117 Å². The van der Waals surface area contributed by atoms with Crippen LogP contribution in [0.3, 0.4) is 0 Å². The number of rotatable bonds is 3. The topological polar surface area (TPSA) is 50.7 Å². The van der Waals surface area contributed by atoms with Gasteiger partial charge in [0.05, 0.1) is 0 Å². The molecule has 1 aromatic rings. The molecule has 2 rings (SSSR count). The Morgan fingerprint density at radius 3 is 2.63 bits per heavy atom. The Kier molecular flexibility index (Phi) is 4.14. The summed E-state index contributed by atoms with van der Waals surface area (Å²) in [5, 5.41) is 4.69. The van der Waals surface area contributed by atoms with E-state index in [0.717, 1.165) is 10.6 Å². The number of hydrogen-bond acceptors (Lipinski definition) is 5. The molecular formula is C14H18N2O2S. The second-order valence-electron chi connectivity index (χ2n) is 5.39. The molecule has 0 radical (unpaired) electrons. The molecule has 102 valence electrons. The van der Waals surface area contributed by atoms with E-state index >= 15 is 0 Å². The van der Waals surface area contributed by atoms with Crippen LogP contribution < -0.4 is 5.43 Å². The maximum absolute atomic E-state index is 11.9. The summed E-state index contributed by atoms with van der Waals surface area (Å²) in [5.41, 5.74) is 3.76. The van der Waals surface area contributed by atoms with Gasteiger partial charge in [-0.05, 0) is 5.56 Å². The highest BCUT2D eigenvalue weighted by Crippen LogP contribution is 2.30. The van der Waals surface area contributed by atoms with Gasteiger partial charge in [-0.15, -0.1) is 0 Å². The molecule has 19 heavy (non-hydrogen) atoms. The van der Waals surface area contributed by atoms with Crippen molar-refractivity contribution >= 4 is 22.8 Å². The Balaban J connectivity index is 1.83. The van der Waals surface area contributed by atoms with E-state index in [1.807, 2.05) is 30.3 Å². The lowest BCUT2D eigenvalue weighted by Gasteiger charge is -2.16. The first kappa shape index (κ1) is 13.9. The predicted molar refractivity (Wildman–Crippen MR) is 77.6 cm³/mol. The Morgan fingerprint density at radius 1 is 1.37 bits per heavy atom. The van der Waals surface area contributed by atoms with Gasteiger partial charge in [-0.3, -0.25) is 5.43 Å². The van der Waals surface area contributed by atoms with E-state index < -0.39 is 5.37 Å². The molecule has 1 aliphatic rings. The number of nitrogens with one attached hydrogen (secondary N) is 1. The second kappa shape index (κ2) is 5.65. The van der Waals surface area contributed by atoms with Crippen molar-refractivity contribution in [1.29, 1.82) is 0 Å². The van der Waals surface area contributed by atoms with E-state index in [9.17, 15) is 4.79 Å². The minimum absolute atomic E-state index is 0.0495. The minimum atomic E-state index is -0.432. The lowest BCUT2D eigenvalue weighted by Crippen LogP contribution is -2.28. The minimum Gasteiger partial charge on any atom is -0.459 e. The van der Waals surface area contributed by atoms with E-state index in [0.29, 0.717) is 6.61 Å². The van der Waals surface area contributed by atoms with Crippen LogP contribution in [-0.4, -0.2) is 16.4 Å². The molecule has 0 aromatic heterocycles.